The molecule has 0 bridgehead atoms. The molecule has 10 nitrogen and oxygen atoms in total. The number of morpholine rings is 1. The average molecular weight is 592 g/mol. The highest BCUT2D eigenvalue weighted by molar-refractivity contribution is 6.00. The molecule has 2 aromatic heterocycles. The number of hydrogen-bond donors (Lipinski definition) is 3. The minimum absolute atomic E-state index is 0.0192. The molecular formula is C33H30FN7O3. The molecule has 222 valence electrons. The van der Waals surface area contributed by atoms with Crippen molar-refractivity contribution in [2.75, 3.05) is 47.2 Å². The van der Waals surface area contributed by atoms with Crippen molar-refractivity contribution in [1.29, 1.82) is 0 Å². The summed E-state index contributed by atoms with van der Waals surface area (Å²) in [6, 6.07) is 20.8. The van der Waals surface area contributed by atoms with Gasteiger partial charge in [0, 0.05) is 59.8 Å². The standard InChI is InChI=1S/C33H30FN7O3/c1-20-3-4-24(19-35-20)23-7-11-27-30(17-23)38-31(40-32(27)41-13-15-44-16-14-41)22-5-8-25(9-6-22)37-33(43)39-29-12-10-26(18-28(29)34)36-21(2)42/h3-12,17-19H,13-16H2,1-2H3,(H,36,42)(H2,37,39,43). The van der Waals surface area contributed by atoms with Gasteiger partial charge >= 0.3 is 6.03 Å². The third-order valence-electron chi connectivity index (χ3n) is 7.17. The van der Waals surface area contributed by atoms with Gasteiger partial charge in [-0.05, 0) is 73.2 Å². The van der Waals surface area contributed by atoms with Crippen molar-refractivity contribution in [1.82, 2.24) is 15.0 Å². The summed E-state index contributed by atoms with van der Waals surface area (Å²) >= 11 is 0. The zero-order chi connectivity index (χ0) is 30.6. The Balaban J connectivity index is 1.25. The molecule has 0 spiro atoms. The second-order valence-corrected chi connectivity index (χ2v) is 10.4. The number of halogens is 1. The van der Waals surface area contributed by atoms with E-state index in [4.69, 9.17) is 14.7 Å². The van der Waals surface area contributed by atoms with Gasteiger partial charge in [-0.15, -0.1) is 0 Å². The number of urea groups is 1. The van der Waals surface area contributed by atoms with Gasteiger partial charge in [0.1, 0.15) is 11.6 Å². The lowest BCUT2D eigenvalue weighted by Crippen LogP contribution is -2.37. The molecule has 3 aromatic carbocycles. The summed E-state index contributed by atoms with van der Waals surface area (Å²) in [6.45, 7) is 5.99. The number of anilines is 4. The van der Waals surface area contributed by atoms with Crippen LogP contribution >= 0.6 is 0 Å². The van der Waals surface area contributed by atoms with Crippen LogP contribution < -0.4 is 20.9 Å². The van der Waals surface area contributed by atoms with Gasteiger partial charge in [0.2, 0.25) is 5.91 Å². The van der Waals surface area contributed by atoms with Crippen molar-refractivity contribution in [3.63, 3.8) is 0 Å². The fourth-order valence-corrected chi connectivity index (χ4v) is 4.96. The number of benzene rings is 3. The number of aromatic nitrogens is 3. The lowest BCUT2D eigenvalue weighted by molar-refractivity contribution is -0.114. The minimum atomic E-state index is -0.673. The molecule has 3 heterocycles. The van der Waals surface area contributed by atoms with Gasteiger partial charge in [0.15, 0.2) is 5.82 Å². The predicted octanol–water partition coefficient (Wildman–Crippen LogP) is 6.25. The summed E-state index contributed by atoms with van der Waals surface area (Å²) in [5.41, 5.74) is 5.33. The second kappa shape index (κ2) is 12.4. The third-order valence-corrected chi connectivity index (χ3v) is 7.17. The van der Waals surface area contributed by atoms with Crippen molar-refractivity contribution in [2.24, 2.45) is 0 Å². The minimum Gasteiger partial charge on any atom is -0.378 e. The monoisotopic (exact) mass is 591 g/mol. The molecule has 44 heavy (non-hydrogen) atoms. The maximum absolute atomic E-state index is 14.4. The number of fused-ring (bicyclic) bond motifs is 1. The Morgan fingerprint density at radius 1 is 0.818 bits per heavy atom. The molecule has 0 radical (unpaired) electrons. The van der Waals surface area contributed by atoms with Crippen molar-refractivity contribution in [3.8, 4) is 22.5 Å². The summed E-state index contributed by atoms with van der Waals surface area (Å²) in [4.78, 5) is 40.3. The van der Waals surface area contributed by atoms with Crippen molar-refractivity contribution in [3.05, 3.63) is 90.5 Å². The normalized spacial score (nSPS) is 13.0. The molecule has 3 N–H and O–H groups in total. The number of hydrogen-bond acceptors (Lipinski definition) is 7. The van der Waals surface area contributed by atoms with Gasteiger partial charge in [-0.25, -0.2) is 19.2 Å². The molecule has 0 unspecified atom stereocenters. The first-order valence-electron chi connectivity index (χ1n) is 14.2. The molecule has 3 amide bonds. The number of rotatable bonds is 6. The highest BCUT2D eigenvalue weighted by atomic mass is 19.1. The Kier molecular flexibility index (Phi) is 8.11. The van der Waals surface area contributed by atoms with Gasteiger partial charge in [0.25, 0.3) is 0 Å². The van der Waals surface area contributed by atoms with Crippen LogP contribution in [0.3, 0.4) is 0 Å². The van der Waals surface area contributed by atoms with Crippen LogP contribution in [-0.2, 0) is 9.53 Å². The zero-order valence-electron chi connectivity index (χ0n) is 24.2. The SMILES string of the molecule is CC(=O)Nc1ccc(NC(=O)Nc2ccc(-c3nc(N4CCOCC4)c4ccc(-c5ccc(C)nc5)cc4n3)cc2)c(F)c1. The van der Waals surface area contributed by atoms with Crippen LogP contribution in [0.4, 0.5) is 32.1 Å². The van der Waals surface area contributed by atoms with E-state index >= 15 is 0 Å². The number of nitrogens with one attached hydrogen (secondary N) is 3. The molecule has 0 atom stereocenters. The first-order chi connectivity index (χ1) is 21.3. The van der Waals surface area contributed by atoms with E-state index in [0.29, 0.717) is 30.4 Å². The van der Waals surface area contributed by atoms with E-state index in [1.165, 1.54) is 19.1 Å². The van der Waals surface area contributed by atoms with Crippen LogP contribution in [0.2, 0.25) is 0 Å². The predicted molar refractivity (Wildman–Crippen MR) is 169 cm³/mol. The summed E-state index contributed by atoms with van der Waals surface area (Å²) in [5.74, 6) is 0.404. The fourth-order valence-electron chi connectivity index (χ4n) is 4.96. The van der Waals surface area contributed by atoms with Gasteiger partial charge < -0.3 is 25.6 Å². The molecular weight excluding hydrogens is 561 g/mol. The van der Waals surface area contributed by atoms with E-state index in [1.54, 1.807) is 12.1 Å². The maximum atomic E-state index is 14.4. The number of aryl methyl sites for hydroxylation is 1. The van der Waals surface area contributed by atoms with E-state index < -0.39 is 11.8 Å². The van der Waals surface area contributed by atoms with Gasteiger partial charge in [-0.3, -0.25) is 9.78 Å². The number of carbonyl (C=O) groups excluding carboxylic acids is 2. The quantitative estimate of drug-likeness (QED) is 0.214. The van der Waals surface area contributed by atoms with Crippen molar-refractivity contribution < 1.29 is 18.7 Å². The van der Waals surface area contributed by atoms with E-state index in [1.807, 2.05) is 37.4 Å². The summed E-state index contributed by atoms with van der Waals surface area (Å²) in [6.07, 6.45) is 1.86. The van der Waals surface area contributed by atoms with Gasteiger partial charge in [0.05, 0.1) is 24.4 Å². The Bertz CT molecular complexity index is 1840. The number of amides is 3. The van der Waals surface area contributed by atoms with E-state index in [9.17, 15) is 14.0 Å². The Hall–Kier alpha value is -5.42. The summed E-state index contributed by atoms with van der Waals surface area (Å²) in [5, 5.41) is 8.65. The number of ether oxygens (including phenoxy) is 1. The average Bonchev–Trinajstić information content (AvgIpc) is 3.02. The molecule has 11 heteroatoms. The molecule has 1 aliphatic heterocycles. The van der Waals surface area contributed by atoms with Gasteiger partial charge in [-0.2, -0.15) is 0 Å². The Morgan fingerprint density at radius 2 is 1.55 bits per heavy atom. The van der Waals surface area contributed by atoms with E-state index in [-0.39, 0.29) is 11.6 Å². The smallest absolute Gasteiger partial charge is 0.323 e. The lowest BCUT2D eigenvalue weighted by atomic mass is 10.0. The number of carbonyl (C=O) groups is 2. The van der Waals surface area contributed by atoms with Crippen LogP contribution in [0.15, 0.2) is 79.0 Å². The zero-order valence-corrected chi connectivity index (χ0v) is 24.2. The number of pyridine rings is 1. The summed E-state index contributed by atoms with van der Waals surface area (Å²) in [7, 11) is 0. The molecule has 1 saturated heterocycles. The molecule has 6 rings (SSSR count). The Morgan fingerprint density at radius 3 is 2.25 bits per heavy atom. The topological polar surface area (TPSA) is 121 Å². The van der Waals surface area contributed by atoms with E-state index in [2.05, 4.69) is 44.0 Å². The largest absolute Gasteiger partial charge is 0.378 e. The molecule has 1 fully saturated rings. The maximum Gasteiger partial charge on any atom is 0.323 e. The second-order valence-electron chi connectivity index (χ2n) is 10.4. The third kappa shape index (κ3) is 6.47. The fraction of sp³-hybridized carbons (Fsp3) is 0.182. The van der Waals surface area contributed by atoms with Crippen molar-refractivity contribution >= 4 is 45.7 Å². The van der Waals surface area contributed by atoms with Crippen LogP contribution in [0, 0.1) is 12.7 Å². The molecule has 1 aliphatic rings. The highest BCUT2D eigenvalue weighted by Gasteiger charge is 2.19. The summed E-state index contributed by atoms with van der Waals surface area (Å²) < 4.78 is 20.0. The molecule has 5 aromatic rings. The Labute approximate surface area is 253 Å². The van der Waals surface area contributed by atoms with Crippen LogP contribution in [0.5, 0.6) is 0 Å². The van der Waals surface area contributed by atoms with Gasteiger partial charge in [-0.1, -0.05) is 12.1 Å². The highest BCUT2D eigenvalue weighted by Crippen LogP contribution is 2.32. The van der Waals surface area contributed by atoms with Crippen LogP contribution in [-0.4, -0.2) is 53.2 Å². The van der Waals surface area contributed by atoms with E-state index in [0.717, 1.165) is 58.3 Å². The van der Waals surface area contributed by atoms with Crippen LogP contribution in [0.1, 0.15) is 12.6 Å². The first kappa shape index (κ1) is 28.7. The lowest BCUT2D eigenvalue weighted by Gasteiger charge is -2.29. The molecule has 0 saturated carbocycles. The van der Waals surface area contributed by atoms with Crippen LogP contribution in [0.25, 0.3) is 33.4 Å². The number of nitrogens with zero attached hydrogens (tertiary/aromatic N) is 4. The first-order valence-corrected chi connectivity index (χ1v) is 14.2. The van der Waals surface area contributed by atoms with Crippen molar-refractivity contribution in [2.45, 2.75) is 13.8 Å². The molecule has 0 aliphatic carbocycles.